The van der Waals surface area contributed by atoms with Gasteiger partial charge in [-0.1, -0.05) is 40.3 Å². The van der Waals surface area contributed by atoms with Gasteiger partial charge < -0.3 is 5.11 Å². The standard InChI is InChI=1S/C15H16N4OS/c1-9-5-4-6-12(7-9)14-13(8-20)17-18-19(14)15-16-10(2)11(3)21-15/h4-7,20H,8H2,1-3H3. The topological polar surface area (TPSA) is 63.8 Å². The lowest BCUT2D eigenvalue weighted by Gasteiger charge is -2.06. The van der Waals surface area contributed by atoms with Crippen molar-refractivity contribution in [3.05, 3.63) is 46.1 Å². The van der Waals surface area contributed by atoms with E-state index in [-0.39, 0.29) is 6.61 Å². The number of rotatable bonds is 3. The fourth-order valence-electron chi connectivity index (χ4n) is 2.18. The number of benzene rings is 1. The summed E-state index contributed by atoms with van der Waals surface area (Å²) in [5.41, 5.74) is 4.48. The lowest BCUT2D eigenvalue weighted by Crippen LogP contribution is -2.00. The molecule has 1 aromatic carbocycles. The molecule has 3 aromatic rings. The molecule has 0 unspecified atom stereocenters. The molecule has 0 spiro atoms. The predicted molar refractivity (Wildman–Crippen MR) is 82.6 cm³/mol. The first-order valence-corrected chi connectivity index (χ1v) is 7.48. The number of hydrogen-bond donors (Lipinski definition) is 1. The van der Waals surface area contributed by atoms with Crippen molar-refractivity contribution < 1.29 is 5.11 Å². The summed E-state index contributed by atoms with van der Waals surface area (Å²) >= 11 is 1.57. The number of hydrogen-bond acceptors (Lipinski definition) is 5. The van der Waals surface area contributed by atoms with Crippen LogP contribution in [0.3, 0.4) is 0 Å². The van der Waals surface area contributed by atoms with Gasteiger partial charge in [0.1, 0.15) is 11.4 Å². The van der Waals surface area contributed by atoms with Crippen LogP contribution in [-0.4, -0.2) is 25.1 Å². The maximum Gasteiger partial charge on any atom is 0.212 e. The molecule has 2 aromatic heterocycles. The molecule has 0 aliphatic carbocycles. The summed E-state index contributed by atoms with van der Waals surface area (Å²) in [7, 11) is 0. The van der Waals surface area contributed by atoms with Crippen LogP contribution in [0, 0.1) is 20.8 Å². The van der Waals surface area contributed by atoms with Gasteiger partial charge in [-0.3, -0.25) is 0 Å². The molecule has 3 rings (SSSR count). The Bertz CT molecular complexity index is 771. The number of aryl methyl sites for hydroxylation is 3. The van der Waals surface area contributed by atoms with Crippen molar-refractivity contribution in [2.24, 2.45) is 0 Å². The number of aliphatic hydroxyl groups excluding tert-OH is 1. The number of aromatic nitrogens is 4. The van der Waals surface area contributed by atoms with Crippen LogP contribution < -0.4 is 0 Å². The summed E-state index contributed by atoms with van der Waals surface area (Å²) in [6, 6.07) is 8.08. The summed E-state index contributed by atoms with van der Waals surface area (Å²) in [4.78, 5) is 5.69. The Balaban J connectivity index is 2.21. The van der Waals surface area contributed by atoms with Crippen molar-refractivity contribution in [3.8, 4) is 16.4 Å². The fourth-order valence-corrected chi connectivity index (χ4v) is 3.05. The zero-order chi connectivity index (χ0) is 15.0. The van der Waals surface area contributed by atoms with E-state index in [1.165, 1.54) is 0 Å². The third-order valence-corrected chi connectivity index (χ3v) is 4.43. The highest BCUT2D eigenvalue weighted by Gasteiger charge is 2.18. The lowest BCUT2D eigenvalue weighted by atomic mass is 10.1. The molecule has 0 aliphatic heterocycles. The Kier molecular flexibility index (Phi) is 3.57. The first-order chi connectivity index (χ1) is 10.1. The van der Waals surface area contributed by atoms with Gasteiger partial charge in [0.25, 0.3) is 0 Å². The first kappa shape index (κ1) is 13.9. The summed E-state index contributed by atoms with van der Waals surface area (Å²) in [6.07, 6.45) is 0. The van der Waals surface area contributed by atoms with Crippen LogP contribution in [0.4, 0.5) is 0 Å². The van der Waals surface area contributed by atoms with Crippen molar-refractivity contribution >= 4 is 11.3 Å². The normalized spacial score (nSPS) is 11.0. The monoisotopic (exact) mass is 300 g/mol. The lowest BCUT2D eigenvalue weighted by molar-refractivity contribution is 0.277. The SMILES string of the molecule is Cc1cccc(-c2c(CO)nnn2-c2nc(C)c(C)s2)c1. The molecule has 0 aliphatic rings. The third-order valence-electron chi connectivity index (χ3n) is 3.38. The summed E-state index contributed by atoms with van der Waals surface area (Å²) in [5.74, 6) is 0. The maximum atomic E-state index is 9.54. The Labute approximate surface area is 126 Å². The molecule has 2 heterocycles. The van der Waals surface area contributed by atoms with E-state index in [0.29, 0.717) is 5.69 Å². The molecule has 0 radical (unpaired) electrons. The first-order valence-electron chi connectivity index (χ1n) is 6.67. The van der Waals surface area contributed by atoms with Gasteiger partial charge >= 0.3 is 0 Å². The fraction of sp³-hybridized carbons (Fsp3) is 0.267. The van der Waals surface area contributed by atoms with Crippen molar-refractivity contribution in [1.29, 1.82) is 0 Å². The second kappa shape index (κ2) is 5.38. The van der Waals surface area contributed by atoms with Gasteiger partial charge in [0, 0.05) is 10.4 Å². The summed E-state index contributed by atoms with van der Waals surface area (Å²) in [5, 5.41) is 18.6. The van der Waals surface area contributed by atoms with E-state index in [1.54, 1.807) is 16.0 Å². The van der Waals surface area contributed by atoms with E-state index < -0.39 is 0 Å². The van der Waals surface area contributed by atoms with Gasteiger partial charge in [-0.15, -0.1) is 5.10 Å². The highest BCUT2D eigenvalue weighted by atomic mass is 32.1. The van der Waals surface area contributed by atoms with Crippen LogP contribution >= 0.6 is 11.3 Å². The molecule has 6 heteroatoms. The largest absolute Gasteiger partial charge is 0.390 e. The van der Waals surface area contributed by atoms with Crippen LogP contribution in [0.1, 0.15) is 21.8 Å². The number of thiazole rings is 1. The second-order valence-electron chi connectivity index (χ2n) is 4.96. The van der Waals surface area contributed by atoms with Crippen LogP contribution in [0.15, 0.2) is 24.3 Å². The molecular weight excluding hydrogens is 284 g/mol. The van der Waals surface area contributed by atoms with Crippen LogP contribution in [0.5, 0.6) is 0 Å². The van der Waals surface area contributed by atoms with E-state index in [0.717, 1.165) is 32.5 Å². The van der Waals surface area contributed by atoms with Gasteiger partial charge in [-0.25, -0.2) is 4.98 Å². The Morgan fingerprint density at radius 3 is 2.67 bits per heavy atom. The Morgan fingerprint density at radius 2 is 2.05 bits per heavy atom. The molecule has 0 saturated heterocycles. The molecule has 0 saturated carbocycles. The molecule has 0 atom stereocenters. The van der Waals surface area contributed by atoms with Crippen molar-refractivity contribution in [2.45, 2.75) is 27.4 Å². The summed E-state index contributed by atoms with van der Waals surface area (Å²) in [6.45, 7) is 5.90. The zero-order valence-corrected chi connectivity index (χ0v) is 13.0. The van der Waals surface area contributed by atoms with Gasteiger partial charge in [-0.2, -0.15) is 4.68 Å². The van der Waals surface area contributed by atoms with Gasteiger partial charge in [-0.05, 0) is 26.8 Å². The van der Waals surface area contributed by atoms with Crippen molar-refractivity contribution in [1.82, 2.24) is 20.0 Å². The molecule has 5 nitrogen and oxygen atoms in total. The predicted octanol–water partition coefficient (Wildman–Crippen LogP) is 2.81. The highest BCUT2D eigenvalue weighted by molar-refractivity contribution is 7.14. The minimum atomic E-state index is -0.146. The van der Waals surface area contributed by atoms with E-state index >= 15 is 0 Å². The van der Waals surface area contributed by atoms with Gasteiger partial charge in [0.2, 0.25) is 5.13 Å². The van der Waals surface area contributed by atoms with E-state index in [2.05, 4.69) is 21.4 Å². The van der Waals surface area contributed by atoms with Gasteiger partial charge in [0.05, 0.1) is 12.3 Å². The average Bonchev–Trinajstić information content (AvgIpc) is 3.03. The smallest absolute Gasteiger partial charge is 0.212 e. The number of nitrogens with zero attached hydrogens (tertiary/aromatic N) is 4. The van der Waals surface area contributed by atoms with Crippen molar-refractivity contribution in [3.63, 3.8) is 0 Å². The second-order valence-corrected chi connectivity index (χ2v) is 6.14. The number of aliphatic hydroxyl groups is 1. The molecule has 108 valence electrons. The van der Waals surface area contributed by atoms with Crippen LogP contribution in [0.25, 0.3) is 16.4 Å². The zero-order valence-electron chi connectivity index (χ0n) is 12.2. The highest BCUT2D eigenvalue weighted by Crippen LogP contribution is 2.28. The quantitative estimate of drug-likeness (QED) is 0.808. The molecule has 21 heavy (non-hydrogen) atoms. The van der Waals surface area contributed by atoms with Crippen LogP contribution in [0.2, 0.25) is 0 Å². The molecule has 1 N–H and O–H groups in total. The molecule has 0 fully saturated rings. The van der Waals surface area contributed by atoms with E-state index in [1.807, 2.05) is 39.0 Å². The van der Waals surface area contributed by atoms with Crippen LogP contribution in [-0.2, 0) is 6.61 Å². The molecule has 0 amide bonds. The minimum absolute atomic E-state index is 0.146. The van der Waals surface area contributed by atoms with E-state index in [9.17, 15) is 5.11 Å². The summed E-state index contributed by atoms with van der Waals surface area (Å²) < 4.78 is 1.71. The Hall–Kier alpha value is -2.05. The van der Waals surface area contributed by atoms with E-state index in [4.69, 9.17) is 0 Å². The minimum Gasteiger partial charge on any atom is -0.390 e. The average molecular weight is 300 g/mol. The maximum absolute atomic E-state index is 9.54. The van der Waals surface area contributed by atoms with Crippen molar-refractivity contribution in [2.75, 3.05) is 0 Å². The molecule has 0 bridgehead atoms. The molecular formula is C15H16N4OS. The third kappa shape index (κ3) is 2.48. The van der Waals surface area contributed by atoms with Gasteiger partial charge in [0.15, 0.2) is 0 Å². The Morgan fingerprint density at radius 1 is 1.24 bits per heavy atom.